The van der Waals surface area contributed by atoms with Crippen molar-refractivity contribution in [2.45, 2.75) is 32.2 Å². The van der Waals surface area contributed by atoms with Crippen molar-refractivity contribution in [3.63, 3.8) is 0 Å². The Morgan fingerprint density at radius 3 is 2.74 bits per heavy atom. The van der Waals surface area contributed by atoms with Crippen molar-refractivity contribution in [1.82, 2.24) is 15.1 Å². The van der Waals surface area contributed by atoms with E-state index in [1.54, 1.807) is 6.20 Å². The van der Waals surface area contributed by atoms with E-state index in [1.165, 1.54) is 0 Å². The summed E-state index contributed by atoms with van der Waals surface area (Å²) in [4.78, 5) is 12.2. The van der Waals surface area contributed by atoms with E-state index in [9.17, 15) is 4.79 Å². The predicted octanol–water partition coefficient (Wildman–Crippen LogP) is 2.33. The van der Waals surface area contributed by atoms with Gasteiger partial charge in [-0.2, -0.15) is 5.10 Å². The average molecular weight is 255 g/mol. The Kier molecular flexibility index (Phi) is 3.07. The van der Waals surface area contributed by atoms with Crippen LogP contribution >= 0.6 is 0 Å². The van der Waals surface area contributed by atoms with E-state index in [0.29, 0.717) is 11.6 Å². The summed E-state index contributed by atoms with van der Waals surface area (Å²) in [5.74, 6) is 0.00142. The SMILES string of the molecule is CCc1c(C(=O)NC2CC2)cnn1-c1ccccc1. The minimum absolute atomic E-state index is 0.00142. The third kappa shape index (κ3) is 2.38. The first-order chi connectivity index (χ1) is 9.29. The molecule has 1 saturated carbocycles. The predicted molar refractivity (Wildman–Crippen MR) is 73.4 cm³/mol. The van der Waals surface area contributed by atoms with E-state index in [1.807, 2.05) is 41.9 Å². The summed E-state index contributed by atoms with van der Waals surface area (Å²) in [6, 6.07) is 10.3. The zero-order chi connectivity index (χ0) is 13.2. The molecule has 1 N–H and O–H groups in total. The van der Waals surface area contributed by atoms with Crippen LogP contribution in [0.5, 0.6) is 0 Å². The number of nitrogens with one attached hydrogen (secondary N) is 1. The van der Waals surface area contributed by atoms with Gasteiger partial charge in [-0.05, 0) is 31.4 Å². The van der Waals surface area contributed by atoms with Crippen molar-refractivity contribution in [3.8, 4) is 5.69 Å². The molecule has 1 aliphatic rings. The number of carbonyl (C=O) groups is 1. The summed E-state index contributed by atoms with van der Waals surface area (Å²) in [7, 11) is 0. The lowest BCUT2D eigenvalue weighted by molar-refractivity contribution is 0.0950. The Morgan fingerprint density at radius 1 is 1.37 bits per heavy atom. The van der Waals surface area contributed by atoms with Gasteiger partial charge in [0.25, 0.3) is 5.91 Å². The fraction of sp³-hybridized carbons (Fsp3) is 0.333. The minimum Gasteiger partial charge on any atom is -0.349 e. The molecule has 2 aromatic rings. The zero-order valence-corrected chi connectivity index (χ0v) is 11.0. The molecule has 0 bridgehead atoms. The number of carbonyl (C=O) groups excluding carboxylic acids is 1. The number of aromatic nitrogens is 2. The van der Waals surface area contributed by atoms with E-state index < -0.39 is 0 Å². The summed E-state index contributed by atoms with van der Waals surface area (Å²) in [6.45, 7) is 2.05. The molecule has 1 aliphatic carbocycles. The largest absolute Gasteiger partial charge is 0.349 e. The molecule has 0 aliphatic heterocycles. The number of benzene rings is 1. The number of para-hydroxylation sites is 1. The molecule has 1 amide bonds. The van der Waals surface area contributed by atoms with Crippen LogP contribution in [0.15, 0.2) is 36.5 Å². The summed E-state index contributed by atoms with van der Waals surface area (Å²) in [6.07, 6.45) is 4.64. The molecule has 4 heteroatoms. The van der Waals surface area contributed by atoms with Crippen LogP contribution in [0.1, 0.15) is 35.8 Å². The molecule has 4 nitrogen and oxygen atoms in total. The molecule has 0 spiro atoms. The van der Waals surface area contributed by atoms with Crippen molar-refractivity contribution in [3.05, 3.63) is 47.8 Å². The molecule has 0 radical (unpaired) electrons. The first kappa shape index (κ1) is 12.0. The lowest BCUT2D eigenvalue weighted by Crippen LogP contribution is -2.26. The van der Waals surface area contributed by atoms with Gasteiger partial charge in [0.15, 0.2) is 0 Å². The Hall–Kier alpha value is -2.10. The number of nitrogens with zero attached hydrogens (tertiary/aromatic N) is 2. The van der Waals surface area contributed by atoms with Gasteiger partial charge in [0.2, 0.25) is 0 Å². The second kappa shape index (κ2) is 4.88. The Morgan fingerprint density at radius 2 is 2.11 bits per heavy atom. The molecule has 98 valence electrons. The highest BCUT2D eigenvalue weighted by Gasteiger charge is 2.26. The third-order valence-electron chi connectivity index (χ3n) is 3.36. The first-order valence-corrected chi connectivity index (χ1v) is 6.72. The second-order valence-corrected chi connectivity index (χ2v) is 4.85. The van der Waals surface area contributed by atoms with Crippen molar-refractivity contribution in [2.24, 2.45) is 0 Å². The lowest BCUT2D eigenvalue weighted by atomic mass is 10.2. The van der Waals surface area contributed by atoms with Gasteiger partial charge in [0.05, 0.1) is 23.1 Å². The van der Waals surface area contributed by atoms with Crippen LogP contribution in [0.2, 0.25) is 0 Å². The number of amides is 1. The van der Waals surface area contributed by atoms with Crippen LogP contribution in [0.4, 0.5) is 0 Å². The summed E-state index contributed by atoms with van der Waals surface area (Å²) >= 11 is 0. The van der Waals surface area contributed by atoms with Crippen molar-refractivity contribution < 1.29 is 4.79 Å². The Balaban J connectivity index is 1.94. The van der Waals surface area contributed by atoms with Gasteiger partial charge in [-0.1, -0.05) is 25.1 Å². The highest BCUT2D eigenvalue weighted by atomic mass is 16.1. The van der Waals surface area contributed by atoms with Crippen molar-refractivity contribution in [2.75, 3.05) is 0 Å². The van der Waals surface area contributed by atoms with Gasteiger partial charge in [-0.25, -0.2) is 4.68 Å². The van der Waals surface area contributed by atoms with Gasteiger partial charge < -0.3 is 5.32 Å². The summed E-state index contributed by atoms with van der Waals surface area (Å²) in [5.41, 5.74) is 2.65. The standard InChI is InChI=1S/C15H17N3O/c1-2-14-13(15(19)17-11-8-9-11)10-16-18(14)12-6-4-3-5-7-12/h3-7,10-11H,2,8-9H2,1H3,(H,17,19). The Bertz CT molecular complexity index is 585. The normalized spacial score (nSPS) is 14.4. The van der Waals surface area contributed by atoms with Gasteiger partial charge in [-0.3, -0.25) is 4.79 Å². The van der Waals surface area contributed by atoms with Gasteiger partial charge >= 0.3 is 0 Å². The Labute approximate surface area is 112 Å². The second-order valence-electron chi connectivity index (χ2n) is 4.85. The molecule has 1 aromatic carbocycles. The van der Waals surface area contributed by atoms with Gasteiger partial charge in [0, 0.05) is 6.04 Å². The fourth-order valence-electron chi connectivity index (χ4n) is 2.19. The molecule has 0 atom stereocenters. The van der Waals surface area contributed by atoms with E-state index in [2.05, 4.69) is 10.4 Å². The molecule has 19 heavy (non-hydrogen) atoms. The maximum atomic E-state index is 12.2. The monoisotopic (exact) mass is 255 g/mol. The van der Waals surface area contributed by atoms with Gasteiger partial charge in [0.1, 0.15) is 0 Å². The van der Waals surface area contributed by atoms with Crippen LogP contribution in [-0.2, 0) is 6.42 Å². The van der Waals surface area contributed by atoms with Crippen LogP contribution in [0, 0.1) is 0 Å². The molecular formula is C15H17N3O. The molecule has 3 rings (SSSR count). The molecular weight excluding hydrogens is 238 g/mol. The van der Waals surface area contributed by atoms with Crippen LogP contribution in [0.3, 0.4) is 0 Å². The van der Waals surface area contributed by atoms with Crippen LogP contribution in [0.25, 0.3) is 5.69 Å². The van der Waals surface area contributed by atoms with Crippen molar-refractivity contribution in [1.29, 1.82) is 0 Å². The van der Waals surface area contributed by atoms with E-state index in [-0.39, 0.29) is 5.91 Å². The first-order valence-electron chi connectivity index (χ1n) is 6.72. The fourth-order valence-corrected chi connectivity index (χ4v) is 2.19. The summed E-state index contributed by atoms with van der Waals surface area (Å²) < 4.78 is 1.85. The highest BCUT2D eigenvalue weighted by Crippen LogP contribution is 2.21. The quantitative estimate of drug-likeness (QED) is 0.911. The topological polar surface area (TPSA) is 46.9 Å². The average Bonchev–Trinajstić information content (AvgIpc) is 3.15. The number of hydrogen-bond acceptors (Lipinski definition) is 2. The maximum Gasteiger partial charge on any atom is 0.254 e. The van der Waals surface area contributed by atoms with E-state index in [0.717, 1.165) is 30.6 Å². The highest BCUT2D eigenvalue weighted by molar-refractivity contribution is 5.95. The number of hydrogen-bond donors (Lipinski definition) is 1. The molecule has 1 fully saturated rings. The maximum absolute atomic E-state index is 12.2. The van der Waals surface area contributed by atoms with Crippen LogP contribution < -0.4 is 5.32 Å². The van der Waals surface area contributed by atoms with E-state index >= 15 is 0 Å². The van der Waals surface area contributed by atoms with E-state index in [4.69, 9.17) is 0 Å². The zero-order valence-electron chi connectivity index (χ0n) is 11.0. The number of rotatable bonds is 4. The lowest BCUT2D eigenvalue weighted by Gasteiger charge is -2.08. The molecule has 1 heterocycles. The summed E-state index contributed by atoms with van der Waals surface area (Å²) in [5, 5.41) is 7.38. The molecule has 0 unspecified atom stereocenters. The van der Waals surface area contributed by atoms with Crippen LogP contribution in [-0.4, -0.2) is 21.7 Å². The smallest absolute Gasteiger partial charge is 0.254 e. The minimum atomic E-state index is 0.00142. The van der Waals surface area contributed by atoms with Gasteiger partial charge in [-0.15, -0.1) is 0 Å². The molecule has 1 aromatic heterocycles. The van der Waals surface area contributed by atoms with Crippen molar-refractivity contribution >= 4 is 5.91 Å². The third-order valence-corrected chi connectivity index (χ3v) is 3.36. The molecule has 0 saturated heterocycles.